The maximum Gasteiger partial charge on any atom is 0.335 e. The number of anilines is 1. The number of carboxylic acids is 1. The lowest BCUT2D eigenvalue weighted by atomic mass is 10.0. The molecule has 0 amide bonds. The number of hydrogen-bond donors (Lipinski definition) is 2. The van der Waals surface area contributed by atoms with Crippen LogP contribution in [0.3, 0.4) is 0 Å². The molecule has 1 rings (SSSR count). The zero-order valence-corrected chi connectivity index (χ0v) is 10.6. The van der Waals surface area contributed by atoms with Crippen LogP contribution in [0.5, 0.6) is 0 Å². The van der Waals surface area contributed by atoms with Crippen molar-refractivity contribution in [2.45, 2.75) is 39.7 Å². The summed E-state index contributed by atoms with van der Waals surface area (Å²) in [6.07, 6.45) is 3.71. The summed E-state index contributed by atoms with van der Waals surface area (Å²) in [5.41, 5.74) is 0.263. The highest BCUT2D eigenvalue weighted by atomic mass is 16.4. The van der Waals surface area contributed by atoms with Crippen LogP contribution in [-0.4, -0.2) is 22.1 Å². The molecule has 4 nitrogen and oxygen atoms in total. The molecule has 2 N–H and O–H groups in total. The summed E-state index contributed by atoms with van der Waals surface area (Å²) < 4.78 is 0. The van der Waals surface area contributed by atoms with Crippen molar-refractivity contribution < 1.29 is 9.90 Å². The number of carboxylic acid groups (broad SMARTS) is 1. The molecule has 0 aliphatic rings. The van der Waals surface area contributed by atoms with Gasteiger partial charge >= 0.3 is 5.97 Å². The van der Waals surface area contributed by atoms with Gasteiger partial charge in [-0.05, 0) is 37.8 Å². The Balaban J connectivity index is 2.56. The number of carbonyl (C=O) groups is 1. The monoisotopic (exact) mass is 236 g/mol. The summed E-state index contributed by atoms with van der Waals surface area (Å²) in [6.45, 7) is 6.46. The van der Waals surface area contributed by atoms with E-state index >= 15 is 0 Å². The second-order valence-corrected chi connectivity index (χ2v) is 4.75. The number of aromatic nitrogens is 1. The van der Waals surface area contributed by atoms with Crippen LogP contribution in [0, 0.1) is 5.92 Å². The first-order chi connectivity index (χ1) is 7.99. The van der Waals surface area contributed by atoms with Crippen LogP contribution in [-0.2, 0) is 0 Å². The molecule has 0 saturated heterocycles. The summed E-state index contributed by atoms with van der Waals surface area (Å²) in [5.74, 6) is 0.379. The Hall–Kier alpha value is -1.58. The zero-order chi connectivity index (χ0) is 12.8. The fraction of sp³-hybridized carbons (Fsp3) is 0.538. The van der Waals surface area contributed by atoms with E-state index < -0.39 is 5.97 Å². The van der Waals surface area contributed by atoms with E-state index in [1.807, 2.05) is 0 Å². The summed E-state index contributed by atoms with van der Waals surface area (Å²) >= 11 is 0. The van der Waals surface area contributed by atoms with Gasteiger partial charge in [-0.3, -0.25) is 0 Å². The van der Waals surface area contributed by atoms with Gasteiger partial charge in [0.2, 0.25) is 0 Å². The molecule has 0 aromatic carbocycles. The van der Waals surface area contributed by atoms with Gasteiger partial charge in [-0.25, -0.2) is 9.78 Å². The highest BCUT2D eigenvalue weighted by Gasteiger charge is 2.07. The molecule has 0 aliphatic carbocycles. The summed E-state index contributed by atoms with van der Waals surface area (Å²) in [4.78, 5) is 14.9. The lowest BCUT2D eigenvalue weighted by Crippen LogP contribution is -2.17. The van der Waals surface area contributed by atoms with E-state index in [1.165, 1.54) is 12.3 Å². The van der Waals surface area contributed by atoms with Crippen molar-refractivity contribution in [2.24, 2.45) is 5.92 Å². The maximum atomic E-state index is 10.8. The third-order valence-corrected chi connectivity index (χ3v) is 2.58. The van der Waals surface area contributed by atoms with E-state index in [-0.39, 0.29) is 5.56 Å². The van der Waals surface area contributed by atoms with E-state index in [0.29, 0.717) is 17.8 Å². The van der Waals surface area contributed by atoms with Gasteiger partial charge in [-0.15, -0.1) is 0 Å². The molecule has 0 fully saturated rings. The van der Waals surface area contributed by atoms with Gasteiger partial charge < -0.3 is 10.4 Å². The Morgan fingerprint density at radius 1 is 1.41 bits per heavy atom. The van der Waals surface area contributed by atoms with Crippen LogP contribution in [0.25, 0.3) is 0 Å². The van der Waals surface area contributed by atoms with Crippen LogP contribution in [0.2, 0.25) is 0 Å². The molecule has 0 spiro atoms. The fourth-order valence-electron chi connectivity index (χ4n) is 1.55. The van der Waals surface area contributed by atoms with Crippen LogP contribution in [0.15, 0.2) is 18.3 Å². The molecule has 1 aromatic rings. The second-order valence-electron chi connectivity index (χ2n) is 4.75. The first-order valence-corrected chi connectivity index (χ1v) is 5.95. The molecule has 0 radical (unpaired) electrons. The van der Waals surface area contributed by atoms with Gasteiger partial charge in [-0.2, -0.15) is 0 Å². The average molecular weight is 236 g/mol. The lowest BCUT2D eigenvalue weighted by Gasteiger charge is -2.15. The molecule has 1 unspecified atom stereocenters. The van der Waals surface area contributed by atoms with E-state index in [1.54, 1.807) is 6.07 Å². The molecule has 0 aliphatic heterocycles. The molecule has 94 valence electrons. The second kappa shape index (κ2) is 6.23. The number of nitrogens with zero attached hydrogens (tertiary/aromatic N) is 1. The molecule has 17 heavy (non-hydrogen) atoms. The van der Waals surface area contributed by atoms with Crippen LogP contribution < -0.4 is 5.32 Å². The molecule has 1 heterocycles. The summed E-state index contributed by atoms with van der Waals surface area (Å²) in [6, 6.07) is 3.36. The number of hydrogen-bond acceptors (Lipinski definition) is 3. The molecular weight excluding hydrogens is 216 g/mol. The Morgan fingerprint density at radius 3 is 2.71 bits per heavy atom. The Labute approximate surface area is 102 Å². The Bertz CT molecular complexity index is 377. The Kier molecular flexibility index (Phi) is 4.94. The minimum atomic E-state index is -0.926. The van der Waals surface area contributed by atoms with Gasteiger partial charge in [-0.1, -0.05) is 13.8 Å². The van der Waals surface area contributed by atoms with Crippen molar-refractivity contribution in [1.82, 2.24) is 4.98 Å². The van der Waals surface area contributed by atoms with Gasteiger partial charge in [0.15, 0.2) is 0 Å². The van der Waals surface area contributed by atoms with Gasteiger partial charge in [0.1, 0.15) is 5.82 Å². The topological polar surface area (TPSA) is 62.2 Å². The average Bonchev–Trinajstić information content (AvgIpc) is 2.26. The maximum absolute atomic E-state index is 10.8. The standard InChI is InChI=1S/C13H20N2O2/c1-9(2)4-5-10(3)15-12-8-11(13(16)17)6-7-14-12/h6-10H,4-5H2,1-3H3,(H,14,15)(H,16,17). The fourth-order valence-corrected chi connectivity index (χ4v) is 1.55. The van der Waals surface area contributed by atoms with Crippen molar-refractivity contribution >= 4 is 11.8 Å². The highest BCUT2D eigenvalue weighted by molar-refractivity contribution is 5.88. The van der Waals surface area contributed by atoms with E-state index in [2.05, 4.69) is 31.1 Å². The minimum Gasteiger partial charge on any atom is -0.478 e. The van der Waals surface area contributed by atoms with Crippen LogP contribution >= 0.6 is 0 Å². The number of nitrogens with one attached hydrogen (secondary N) is 1. The Morgan fingerprint density at radius 2 is 2.12 bits per heavy atom. The molecule has 1 atom stereocenters. The summed E-state index contributed by atoms with van der Waals surface area (Å²) in [5, 5.41) is 12.1. The SMILES string of the molecule is CC(C)CCC(C)Nc1cc(C(=O)O)ccn1. The first kappa shape index (κ1) is 13.5. The van der Waals surface area contributed by atoms with E-state index in [0.717, 1.165) is 12.8 Å². The molecule has 0 saturated carbocycles. The van der Waals surface area contributed by atoms with Gasteiger partial charge in [0.05, 0.1) is 5.56 Å². The lowest BCUT2D eigenvalue weighted by molar-refractivity contribution is 0.0697. The number of aromatic carboxylic acids is 1. The van der Waals surface area contributed by atoms with Crippen molar-refractivity contribution in [2.75, 3.05) is 5.32 Å². The van der Waals surface area contributed by atoms with Gasteiger partial charge in [0, 0.05) is 12.2 Å². The normalized spacial score (nSPS) is 12.5. The molecular formula is C13H20N2O2. The molecule has 4 heteroatoms. The van der Waals surface area contributed by atoms with Crippen LogP contribution in [0.1, 0.15) is 44.0 Å². The smallest absolute Gasteiger partial charge is 0.335 e. The van der Waals surface area contributed by atoms with Crippen molar-refractivity contribution in [3.05, 3.63) is 23.9 Å². The summed E-state index contributed by atoms with van der Waals surface area (Å²) in [7, 11) is 0. The number of rotatable bonds is 6. The van der Waals surface area contributed by atoms with Crippen molar-refractivity contribution in [3.63, 3.8) is 0 Å². The van der Waals surface area contributed by atoms with Crippen molar-refractivity contribution in [1.29, 1.82) is 0 Å². The largest absolute Gasteiger partial charge is 0.478 e. The minimum absolute atomic E-state index is 0.263. The third kappa shape index (κ3) is 4.85. The molecule has 1 aromatic heterocycles. The van der Waals surface area contributed by atoms with Crippen molar-refractivity contribution in [3.8, 4) is 0 Å². The third-order valence-electron chi connectivity index (χ3n) is 2.58. The van der Waals surface area contributed by atoms with Gasteiger partial charge in [0.25, 0.3) is 0 Å². The quantitative estimate of drug-likeness (QED) is 0.797. The zero-order valence-electron chi connectivity index (χ0n) is 10.6. The number of pyridine rings is 1. The molecule has 0 bridgehead atoms. The predicted octanol–water partition coefficient (Wildman–Crippen LogP) is 3.02. The van der Waals surface area contributed by atoms with Crippen LogP contribution in [0.4, 0.5) is 5.82 Å². The van der Waals surface area contributed by atoms with E-state index in [9.17, 15) is 4.79 Å². The highest BCUT2D eigenvalue weighted by Crippen LogP contribution is 2.12. The first-order valence-electron chi connectivity index (χ1n) is 5.95. The van der Waals surface area contributed by atoms with E-state index in [4.69, 9.17) is 5.11 Å². The predicted molar refractivity (Wildman–Crippen MR) is 68.4 cm³/mol.